The predicted molar refractivity (Wildman–Crippen MR) is 118 cm³/mol. The van der Waals surface area contributed by atoms with Crippen molar-refractivity contribution in [1.29, 1.82) is 0 Å². The van der Waals surface area contributed by atoms with Crippen LogP contribution in [-0.4, -0.2) is 36.4 Å². The molecule has 1 aromatic heterocycles. The fourth-order valence-corrected chi connectivity index (χ4v) is 4.75. The molecule has 0 bridgehead atoms. The number of hydrogen-bond donors (Lipinski definition) is 0. The van der Waals surface area contributed by atoms with Crippen molar-refractivity contribution in [3.05, 3.63) is 60.2 Å². The highest BCUT2D eigenvalue weighted by molar-refractivity contribution is 7.98. The van der Waals surface area contributed by atoms with Gasteiger partial charge < -0.3 is 4.74 Å². The number of thioether (sulfide) groups is 1. The van der Waals surface area contributed by atoms with E-state index in [9.17, 15) is 4.79 Å². The summed E-state index contributed by atoms with van der Waals surface area (Å²) in [5.74, 6) is -0.0662. The van der Waals surface area contributed by atoms with E-state index in [0.29, 0.717) is 6.54 Å². The molecule has 0 aliphatic carbocycles. The lowest BCUT2D eigenvalue weighted by Crippen LogP contribution is -2.36. The van der Waals surface area contributed by atoms with E-state index in [1.807, 2.05) is 42.5 Å². The quantitative estimate of drug-likeness (QED) is 0.411. The lowest BCUT2D eigenvalue weighted by molar-refractivity contribution is -0.114. The molecule has 0 N–H and O–H groups in total. The van der Waals surface area contributed by atoms with Crippen LogP contribution in [0.15, 0.2) is 59.5 Å². The zero-order valence-electron chi connectivity index (χ0n) is 15.7. The number of anilines is 1. The van der Waals surface area contributed by atoms with E-state index >= 15 is 0 Å². The molecule has 1 atom stereocenters. The monoisotopic (exact) mass is 410 g/mol. The Labute approximate surface area is 173 Å². The first-order valence-electron chi connectivity index (χ1n) is 9.34. The van der Waals surface area contributed by atoms with Gasteiger partial charge in [0, 0.05) is 17.6 Å². The van der Waals surface area contributed by atoms with Gasteiger partial charge in [0.15, 0.2) is 5.13 Å². The smallest absolute Gasteiger partial charge is 0.252 e. The average Bonchev–Trinajstić information content (AvgIpc) is 3.39. The molecular formula is C22H22N2O2S2. The maximum atomic E-state index is 13.1. The fourth-order valence-electron chi connectivity index (χ4n) is 3.21. The molecule has 0 unspecified atom stereocenters. The van der Waals surface area contributed by atoms with E-state index < -0.39 is 0 Å². The predicted octanol–water partition coefficient (Wildman–Crippen LogP) is 5.24. The second-order valence-electron chi connectivity index (χ2n) is 6.66. The summed E-state index contributed by atoms with van der Waals surface area (Å²) < 4.78 is 6.88. The van der Waals surface area contributed by atoms with Crippen molar-refractivity contribution in [2.75, 3.05) is 24.3 Å². The molecule has 144 valence electrons. The molecule has 3 aromatic rings. The number of benzene rings is 2. The molecule has 0 radical (unpaired) electrons. The largest absolute Gasteiger partial charge is 0.376 e. The van der Waals surface area contributed by atoms with Gasteiger partial charge in [-0.05, 0) is 48.9 Å². The Balaban J connectivity index is 1.62. The summed E-state index contributed by atoms with van der Waals surface area (Å²) in [5, 5.41) is 0.728. The van der Waals surface area contributed by atoms with Gasteiger partial charge >= 0.3 is 0 Å². The van der Waals surface area contributed by atoms with E-state index in [1.165, 1.54) is 4.90 Å². The highest BCUT2D eigenvalue weighted by Gasteiger charge is 2.25. The van der Waals surface area contributed by atoms with Gasteiger partial charge in [-0.3, -0.25) is 9.69 Å². The molecule has 4 rings (SSSR count). The molecule has 4 nitrogen and oxygen atoms in total. The van der Waals surface area contributed by atoms with Crippen LogP contribution >= 0.6 is 23.1 Å². The first kappa shape index (κ1) is 19.2. The Bertz CT molecular complexity index is 979. The van der Waals surface area contributed by atoms with Gasteiger partial charge in [-0.25, -0.2) is 4.98 Å². The van der Waals surface area contributed by atoms with Crippen LogP contribution in [0.1, 0.15) is 18.4 Å². The van der Waals surface area contributed by atoms with E-state index in [4.69, 9.17) is 9.72 Å². The molecular weight excluding hydrogens is 388 g/mol. The number of fused-ring (bicyclic) bond motifs is 1. The summed E-state index contributed by atoms with van der Waals surface area (Å²) in [6, 6.07) is 16.1. The standard InChI is InChI=1S/C22H22N2O2S2/c1-27-18-10-11-19-20(14-18)28-22(23-19)24(15-17-8-5-13-26-17)21(25)12-9-16-6-3-2-4-7-16/h2-4,6-7,9-12,14,17H,5,8,13,15H2,1H3/b12-9+/t17-/m0/s1. The Kier molecular flexibility index (Phi) is 6.10. The molecule has 1 saturated heterocycles. The van der Waals surface area contributed by atoms with Crippen LogP contribution in [0, 0.1) is 0 Å². The summed E-state index contributed by atoms with van der Waals surface area (Å²) in [7, 11) is 0. The van der Waals surface area contributed by atoms with Crippen LogP contribution in [0.2, 0.25) is 0 Å². The van der Waals surface area contributed by atoms with E-state index in [0.717, 1.165) is 40.4 Å². The fraction of sp³-hybridized carbons (Fsp3) is 0.273. The number of amides is 1. The van der Waals surface area contributed by atoms with Gasteiger partial charge in [0.2, 0.25) is 0 Å². The number of thiazole rings is 1. The molecule has 0 spiro atoms. The number of carbonyl (C=O) groups excluding carboxylic acids is 1. The Hall–Kier alpha value is -2.15. The number of ether oxygens (including phenoxy) is 1. The van der Waals surface area contributed by atoms with Gasteiger partial charge in [0.25, 0.3) is 5.91 Å². The normalized spacial score (nSPS) is 16.8. The van der Waals surface area contributed by atoms with Crippen LogP contribution in [0.5, 0.6) is 0 Å². The van der Waals surface area contributed by atoms with Crippen LogP contribution < -0.4 is 4.90 Å². The first-order chi connectivity index (χ1) is 13.7. The Morgan fingerprint density at radius 2 is 2.18 bits per heavy atom. The minimum atomic E-state index is -0.0662. The lowest BCUT2D eigenvalue weighted by Gasteiger charge is -2.21. The summed E-state index contributed by atoms with van der Waals surface area (Å²) in [4.78, 5) is 20.7. The summed E-state index contributed by atoms with van der Waals surface area (Å²) >= 11 is 3.27. The number of carbonyl (C=O) groups is 1. The molecule has 2 aromatic carbocycles. The first-order valence-corrected chi connectivity index (χ1v) is 11.4. The third kappa shape index (κ3) is 4.46. The molecule has 2 heterocycles. The summed E-state index contributed by atoms with van der Waals surface area (Å²) in [5.41, 5.74) is 1.93. The molecule has 1 fully saturated rings. The highest BCUT2D eigenvalue weighted by Crippen LogP contribution is 2.32. The Morgan fingerprint density at radius 3 is 2.93 bits per heavy atom. The third-order valence-corrected chi connectivity index (χ3v) is 6.48. The molecule has 0 saturated carbocycles. The number of rotatable bonds is 6. The number of aromatic nitrogens is 1. The van der Waals surface area contributed by atoms with Crippen molar-refractivity contribution in [1.82, 2.24) is 4.98 Å². The Morgan fingerprint density at radius 1 is 1.32 bits per heavy atom. The zero-order valence-corrected chi connectivity index (χ0v) is 17.3. The molecule has 6 heteroatoms. The van der Waals surface area contributed by atoms with Crippen LogP contribution in [0.4, 0.5) is 5.13 Å². The van der Waals surface area contributed by atoms with E-state index in [-0.39, 0.29) is 12.0 Å². The van der Waals surface area contributed by atoms with E-state index in [1.54, 1.807) is 34.1 Å². The maximum Gasteiger partial charge on any atom is 0.252 e. The van der Waals surface area contributed by atoms with Crippen molar-refractivity contribution in [2.24, 2.45) is 0 Å². The second-order valence-corrected chi connectivity index (χ2v) is 8.55. The van der Waals surface area contributed by atoms with Crippen molar-refractivity contribution < 1.29 is 9.53 Å². The number of nitrogens with zero attached hydrogens (tertiary/aromatic N) is 2. The van der Waals surface area contributed by atoms with E-state index in [2.05, 4.69) is 18.4 Å². The van der Waals surface area contributed by atoms with Crippen LogP contribution in [0.25, 0.3) is 16.3 Å². The van der Waals surface area contributed by atoms with Crippen molar-refractivity contribution >= 4 is 50.4 Å². The minimum absolute atomic E-state index is 0.0662. The van der Waals surface area contributed by atoms with Gasteiger partial charge in [-0.15, -0.1) is 11.8 Å². The second kappa shape index (κ2) is 8.90. The summed E-state index contributed by atoms with van der Waals surface area (Å²) in [6.07, 6.45) is 7.64. The molecule has 28 heavy (non-hydrogen) atoms. The highest BCUT2D eigenvalue weighted by atomic mass is 32.2. The van der Waals surface area contributed by atoms with Gasteiger partial charge in [-0.2, -0.15) is 0 Å². The number of hydrogen-bond acceptors (Lipinski definition) is 5. The zero-order chi connectivity index (χ0) is 19.3. The van der Waals surface area contributed by atoms with Crippen LogP contribution in [-0.2, 0) is 9.53 Å². The van der Waals surface area contributed by atoms with Crippen molar-refractivity contribution in [3.63, 3.8) is 0 Å². The lowest BCUT2D eigenvalue weighted by atomic mass is 10.2. The maximum absolute atomic E-state index is 13.1. The van der Waals surface area contributed by atoms with Gasteiger partial charge in [-0.1, -0.05) is 41.7 Å². The average molecular weight is 411 g/mol. The molecule has 1 amide bonds. The SMILES string of the molecule is CSc1ccc2nc(N(C[C@@H]3CCCO3)C(=O)/C=C/c3ccccc3)sc2c1. The molecule has 1 aliphatic rings. The minimum Gasteiger partial charge on any atom is -0.376 e. The summed E-state index contributed by atoms with van der Waals surface area (Å²) in [6.45, 7) is 1.30. The van der Waals surface area contributed by atoms with Gasteiger partial charge in [0.1, 0.15) is 0 Å². The third-order valence-electron chi connectivity index (χ3n) is 4.71. The van der Waals surface area contributed by atoms with Gasteiger partial charge in [0.05, 0.1) is 22.9 Å². The molecule has 1 aliphatic heterocycles. The van der Waals surface area contributed by atoms with Crippen molar-refractivity contribution in [2.45, 2.75) is 23.8 Å². The van der Waals surface area contributed by atoms with Crippen molar-refractivity contribution in [3.8, 4) is 0 Å². The van der Waals surface area contributed by atoms with Crippen LogP contribution in [0.3, 0.4) is 0 Å². The topological polar surface area (TPSA) is 42.4 Å².